The summed E-state index contributed by atoms with van der Waals surface area (Å²) in [5, 5.41) is 8.73. The molecule has 0 saturated heterocycles. The van der Waals surface area contributed by atoms with Crippen LogP contribution >= 0.6 is 0 Å². The molecular formula is C18H20N4O. The van der Waals surface area contributed by atoms with Crippen LogP contribution in [0, 0.1) is 6.92 Å². The highest BCUT2D eigenvalue weighted by atomic mass is 16.5. The first-order chi connectivity index (χ1) is 11.3. The minimum atomic E-state index is 0.474. The largest absolute Gasteiger partial charge is 0.367 e. The first kappa shape index (κ1) is 14.2. The van der Waals surface area contributed by atoms with E-state index in [0.717, 1.165) is 28.0 Å². The van der Waals surface area contributed by atoms with Crippen molar-refractivity contribution in [3.8, 4) is 11.3 Å². The maximum atomic E-state index is 5.45. The lowest BCUT2D eigenvalue weighted by Gasteiger charge is -2.23. The van der Waals surface area contributed by atoms with Crippen LogP contribution in [0.2, 0.25) is 0 Å². The van der Waals surface area contributed by atoms with Crippen LogP contribution in [-0.2, 0) is 0 Å². The molecule has 1 aliphatic rings. The quantitative estimate of drug-likeness (QED) is 0.780. The first-order valence-corrected chi connectivity index (χ1v) is 8.26. The number of aromatic nitrogens is 3. The Morgan fingerprint density at radius 2 is 1.91 bits per heavy atom. The molecule has 5 heteroatoms. The van der Waals surface area contributed by atoms with Gasteiger partial charge in [-0.1, -0.05) is 48.7 Å². The van der Waals surface area contributed by atoms with Gasteiger partial charge in [0.15, 0.2) is 0 Å². The van der Waals surface area contributed by atoms with Gasteiger partial charge in [-0.3, -0.25) is 0 Å². The average Bonchev–Trinajstić information content (AvgIpc) is 3.01. The van der Waals surface area contributed by atoms with Crippen LogP contribution < -0.4 is 5.32 Å². The molecule has 1 aromatic carbocycles. The molecule has 0 atom stereocenters. The van der Waals surface area contributed by atoms with E-state index in [1.54, 1.807) is 6.33 Å². The number of nitrogens with one attached hydrogen (secondary N) is 1. The molecule has 3 aromatic rings. The minimum Gasteiger partial charge on any atom is -0.367 e. The van der Waals surface area contributed by atoms with Gasteiger partial charge in [-0.15, -0.1) is 0 Å². The van der Waals surface area contributed by atoms with Crippen LogP contribution in [0.1, 0.15) is 37.7 Å². The Morgan fingerprint density at radius 3 is 2.74 bits per heavy atom. The SMILES string of the molecule is Cc1ccccc1-c1noc2ncnc(NC3CCCCC3)c12. The molecule has 0 radical (unpaired) electrons. The van der Waals surface area contributed by atoms with E-state index in [1.807, 2.05) is 12.1 Å². The summed E-state index contributed by atoms with van der Waals surface area (Å²) in [6, 6.07) is 8.65. The summed E-state index contributed by atoms with van der Waals surface area (Å²) < 4.78 is 5.45. The molecule has 0 unspecified atom stereocenters. The van der Waals surface area contributed by atoms with Gasteiger partial charge >= 0.3 is 0 Å². The third-order valence-electron chi connectivity index (χ3n) is 4.62. The molecule has 118 valence electrons. The second-order valence-electron chi connectivity index (χ2n) is 6.23. The number of aryl methyl sites for hydroxylation is 1. The summed E-state index contributed by atoms with van der Waals surface area (Å²) in [6.45, 7) is 2.08. The van der Waals surface area contributed by atoms with Gasteiger partial charge < -0.3 is 9.84 Å². The topological polar surface area (TPSA) is 63.8 Å². The molecule has 1 N–H and O–H groups in total. The Labute approximate surface area is 135 Å². The third-order valence-corrected chi connectivity index (χ3v) is 4.62. The van der Waals surface area contributed by atoms with E-state index in [2.05, 4.69) is 39.5 Å². The zero-order valence-corrected chi connectivity index (χ0v) is 13.2. The van der Waals surface area contributed by atoms with Crippen molar-refractivity contribution in [1.29, 1.82) is 0 Å². The minimum absolute atomic E-state index is 0.474. The molecule has 2 heterocycles. The van der Waals surface area contributed by atoms with Gasteiger partial charge in [0, 0.05) is 11.6 Å². The van der Waals surface area contributed by atoms with Crippen LogP contribution in [-0.4, -0.2) is 21.2 Å². The van der Waals surface area contributed by atoms with Crippen molar-refractivity contribution in [2.75, 3.05) is 5.32 Å². The Kier molecular flexibility index (Phi) is 3.69. The van der Waals surface area contributed by atoms with Crippen molar-refractivity contribution in [2.45, 2.75) is 45.1 Å². The summed E-state index contributed by atoms with van der Waals surface area (Å²) in [5.74, 6) is 0.835. The fourth-order valence-electron chi connectivity index (χ4n) is 3.36. The van der Waals surface area contributed by atoms with E-state index in [9.17, 15) is 0 Å². The van der Waals surface area contributed by atoms with Gasteiger partial charge in [0.2, 0.25) is 0 Å². The molecule has 0 aliphatic heterocycles. The van der Waals surface area contributed by atoms with Crippen LogP contribution in [0.3, 0.4) is 0 Å². The molecule has 0 bridgehead atoms. The van der Waals surface area contributed by atoms with Gasteiger partial charge in [-0.05, 0) is 25.3 Å². The van der Waals surface area contributed by atoms with Crippen molar-refractivity contribution in [2.24, 2.45) is 0 Å². The van der Waals surface area contributed by atoms with Crippen LogP contribution in [0.25, 0.3) is 22.4 Å². The highest BCUT2D eigenvalue weighted by Gasteiger charge is 2.20. The van der Waals surface area contributed by atoms with E-state index in [0.29, 0.717) is 11.8 Å². The van der Waals surface area contributed by atoms with Crippen LogP contribution in [0.4, 0.5) is 5.82 Å². The number of nitrogens with zero attached hydrogens (tertiary/aromatic N) is 3. The van der Waals surface area contributed by atoms with Crippen molar-refractivity contribution >= 4 is 16.9 Å². The summed E-state index contributed by atoms with van der Waals surface area (Å²) in [4.78, 5) is 8.70. The highest BCUT2D eigenvalue weighted by Crippen LogP contribution is 2.34. The molecule has 2 aromatic heterocycles. The second kappa shape index (κ2) is 5.99. The Morgan fingerprint density at radius 1 is 1.09 bits per heavy atom. The number of hydrogen-bond donors (Lipinski definition) is 1. The third kappa shape index (κ3) is 2.67. The molecule has 5 nitrogen and oxygen atoms in total. The number of hydrogen-bond acceptors (Lipinski definition) is 5. The molecule has 1 saturated carbocycles. The van der Waals surface area contributed by atoms with E-state index in [-0.39, 0.29) is 0 Å². The maximum Gasteiger partial charge on any atom is 0.263 e. The zero-order valence-electron chi connectivity index (χ0n) is 13.2. The Bertz CT molecular complexity index is 821. The molecule has 23 heavy (non-hydrogen) atoms. The lowest BCUT2D eigenvalue weighted by atomic mass is 9.95. The van der Waals surface area contributed by atoms with Crippen molar-refractivity contribution < 1.29 is 4.52 Å². The molecule has 0 amide bonds. The fourth-order valence-corrected chi connectivity index (χ4v) is 3.36. The van der Waals surface area contributed by atoms with E-state index in [1.165, 1.54) is 32.1 Å². The molecule has 1 fully saturated rings. The smallest absolute Gasteiger partial charge is 0.263 e. The Balaban J connectivity index is 1.79. The van der Waals surface area contributed by atoms with Gasteiger partial charge in [0.05, 0.1) is 0 Å². The van der Waals surface area contributed by atoms with E-state index < -0.39 is 0 Å². The van der Waals surface area contributed by atoms with Gasteiger partial charge in [0.1, 0.15) is 23.2 Å². The van der Waals surface area contributed by atoms with Gasteiger partial charge in [-0.2, -0.15) is 4.98 Å². The van der Waals surface area contributed by atoms with Crippen molar-refractivity contribution in [1.82, 2.24) is 15.1 Å². The predicted molar refractivity (Wildman–Crippen MR) is 90.3 cm³/mol. The average molecular weight is 308 g/mol. The standard InChI is InChI=1S/C18H20N4O/c1-12-7-5-6-10-14(12)16-15-17(19-11-20-18(15)23-22-16)21-13-8-3-2-4-9-13/h5-7,10-11,13H,2-4,8-9H2,1H3,(H,19,20,21). The molecule has 4 rings (SSSR count). The van der Waals surface area contributed by atoms with Gasteiger partial charge in [0.25, 0.3) is 5.71 Å². The fraction of sp³-hybridized carbons (Fsp3) is 0.389. The van der Waals surface area contributed by atoms with Crippen molar-refractivity contribution in [3.05, 3.63) is 36.2 Å². The predicted octanol–water partition coefficient (Wildman–Crippen LogP) is 4.34. The van der Waals surface area contributed by atoms with E-state index in [4.69, 9.17) is 4.52 Å². The summed E-state index contributed by atoms with van der Waals surface area (Å²) in [6.07, 6.45) is 7.81. The van der Waals surface area contributed by atoms with Crippen LogP contribution in [0.15, 0.2) is 35.1 Å². The zero-order chi connectivity index (χ0) is 15.6. The number of benzene rings is 1. The van der Waals surface area contributed by atoms with Crippen molar-refractivity contribution in [3.63, 3.8) is 0 Å². The van der Waals surface area contributed by atoms with Crippen LogP contribution in [0.5, 0.6) is 0 Å². The molecule has 0 spiro atoms. The number of rotatable bonds is 3. The summed E-state index contributed by atoms with van der Waals surface area (Å²) in [5.41, 5.74) is 3.58. The van der Waals surface area contributed by atoms with Gasteiger partial charge in [-0.25, -0.2) is 4.98 Å². The first-order valence-electron chi connectivity index (χ1n) is 8.26. The number of anilines is 1. The highest BCUT2D eigenvalue weighted by molar-refractivity contribution is 5.98. The Hall–Kier alpha value is -2.43. The monoisotopic (exact) mass is 308 g/mol. The van der Waals surface area contributed by atoms with E-state index >= 15 is 0 Å². The maximum absolute atomic E-state index is 5.45. The molecule has 1 aliphatic carbocycles. The second-order valence-corrected chi connectivity index (χ2v) is 6.23. The summed E-state index contributed by atoms with van der Waals surface area (Å²) in [7, 11) is 0. The normalized spacial score (nSPS) is 15.9. The molecular weight excluding hydrogens is 288 g/mol. The lowest BCUT2D eigenvalue weighted by molar-refractivity contribution is 0.451. The number of fused-ring (bicyclic) bond motifs is 1. The lowest BCUT2D eigenvalue weighted by Crippen LogP contribution is -2.23. The summed E-state index contributed by atoms with van der Waals surface area (Å²) >= 11 is 0.